The average molecular weight is 454 g/mol. The van der Waals surface area contributed by atoms with Gasteiger partial charge in [0.15, 0.2) is 5.82 Å². The number of anilines is 1. The van der Waals surface area contributed by atoms with Crippen LogP contribution in [-0.2, 0) is 12.8 Å². The van der Waals surface area contributed by atoms with E-state index in [1.54, 1.807) is 42.1 Å². The summed E-state index contributed by atoms with van der Waals surface area (Å²) < 4.78 is 5.76. The van der Waals surface area contributed by atoms with Crippen molar-refractivity contribution in [2.75, 3.05) is 5.43 Å². The van der Waals surface area contributed by atoms with Gasteiger partial charge in [-0.1, -0.05) is 11.6 Å². The van der Waals surface area contributed by atoms with Gasteiger partial charge in [-0.05, 0) is 55.5 Å². The van der Waals surface area contributed by atoms with Crippen LogP contribution in [0.15, 0.2) is 46.2 Å². The molecule has 0 spiro atoms. The van der Waals surface area contributed by atoms with Crippen molar-refractivity contribution in [1.82, 2.24) is 9.97 Å². The summed E-state index contributed by atoms with van der Waals surface area (Å²) in [6, 6.07) is 8.01. The monoisotopic (exact) mass is 453 g/mol. The van der Waals surface area contributed by atoms with Crippen LogP contribution in [0.2, 0.25) is 5.02 Å². The second-order valence-corrected chi connectivity index (χ2v) is 8.60. The molecule has 0 unspecified atom stereocenters. The minimum Gasteiger partial charge on any atom is -0.455 e. The summed E-state index contributed by atoms with van der Waals surface area (Å²) >= 11 is 7.61. The Morgan fingerprint density at radius 2 is 2.10 bits per heavy atom. The molecule has 0 aliphatic heterocycles. The Balaban J connectivity index is 1.37. The van der Waals surface area contributed by atoms with Crippen molar-refractivity contribution in [2.24, 2.45) is 5.10 Å². The molecular weight excluding hydrogens is 438 g/mol. The molecule has 5 rings (SSSR count). The number of hydrogen-bond acceptors (Lipinski definition) is 8. The zero-order chi connectivity index (χ0) is 21.4. The van der Waals surface area contributed by atoms with Crippen LogP contribution in [0.1, 0.15) is 29.0 Å². The van der Waals surface area contributed by atoms with Crippen LogP contribution in [0.4, 0.5) is 11.5 Å². The van der Waals surface area contributed by atoms with Crippen LogP contribution in [0.5, 0.6) is 0 Å². The number of hydrazone groups is 1. The van der Waals surface area contributed by atoms with Gasteiger partial charge in [0.1, 0.15) is 27.7 Å². The van der Waals surface area contributed by atoms with Crippen molar-refractivity contribution in [3.63, 3.8) is 0 Å². The van der Waals surface area contributed by atoms with Gasteiger partial charge in [0.25, 0.3) is 5.69 Å². The lowest BCUT2D eigenvalue weighted by molar-refractivity contribution is -0.384. The molecule has 0 atom stereocenters. The number of aryl methyl sites for hydroxylation is 2. The summed E-state index contributed by atoms with van der Waals surface area (Å²) in [6.45, 7) is 0. The average Bonchev–Trinajstić information content (AvgIpc) is 3.39. The van der Waals surface area contributed by atoms with Crippen molar-refractivity contribution >= 4 is 50.9 Å². The summed E-state index contributed by atoms with van der Waals surface area (Å²) in [6.07, 6.45) is 7.61. The summed E-state index contributed by atoms with van der Waals surface area (Å²) in [5.74, 6) is 1.66. The molecule has 0 bridgehead atoms. The minimum absolute atomic E-state index is 0.0816. The van der Waals surface area contributed by atoms with Crippen LogP contribution >= 0.6 is 22.9 Å². The minimum atomic E-state index is -0.521. The third kappa shape index (κ3) is 3.77. The Bertz CT molecular complexity index is 1330. The maximum Gasteiger partial charge on any atom is 0.288 e. The van der Waals surface area contributed by atoms with Gasteiger partial charge in [0.2, 0.25) is 0 Å². The fraction of sp³-hybridized carbons (Fsp3) is 0.190. The largest absolute Gasteiger partial charge is 0.455 e. The Kier molecular flexibility index (Phi) is 5.13. The van der Waals surface area contributed by atoms with Crippen molar-refractivity contribution in [1.29, 1.82) is 0 Å². The molecule has 10 heteroatoms. The zero-order valence-electron chi connectivity index (χ0n) is 16.2. The highest BCUT2D eigenvalue weighted by molar-refractivity contribution is 7.19. The van der Waals surface area contributed by atoms with Crippen molar-refractivity contribution < 1.29 is 9.34 Å². The summed E-state index contributed by atoms with van der Waals surface area (Å²) in [7, 11) is 0. The predicted octanol–water partition coefficient (Wildman–Crippen LogP) is 5.84. The number of nitro groups is 1. The third-order valence-corrected chi connectivity index (χ3v) is 6.69. The molecule has 0 saturated heterocycles. The molecule has 4 aromatic rings. The highest BCUT2D eigenvalue weighted by atomic mass is 35.5. The molecule has 1 aliphatic rings. The van der Waals surface area contributed by atoms with E-state index >= 15 is 0 Å². The second-order valence-electron chi connectivity index (χ2n) is 7.11. The van der Waals surface area contributed by atoms with Crippen molar-refractivity contribution in [2.45, 2.75) is 25.7 Å². The first-order chi connectivity index (χ1) is 15.1. The molecule has 0 fully saturated rings. The molecular formula is C21H16ClN5O3S. The number of nitro benzene ring substituents is 1. The number of rotatable bonds is 5. The van der Waals surface area contributed by atoms with Crippen LogP contribution < -0.4 is 5.43 Å². The second kappa shape index (κ2) is 8.09. The van der Waals surface area contributed by atoms with Crippen LogP contribution in [0.25, 0.3) is 21.5 Å². The standard InChI is InChI=1S/C21H16ClN5O3S/c22-15-7-5-12(9-16(15)27(28)29)17-8-6-13(30-17)10-25-26-20-19-14-3-1-2-4-18(14)31-21(19)24-11-23-20/h5-11H,1-4H2,(H,23,24,26). The van der Waals surface area contributed by atoms with Gasteiger partial charge in [0, 0.05) is 16.5 Å². The first-order valence-electron chi connectivity index (χ1n) is 9.68. The lowest BCUT2D eigenvalue weighted by atomic mass is 9.97. The van der Waals surface area contributed by atoms with Gasteiger partial charge in [-0.15, -0.1) is 11.3 Å². The number of nitrogens with zero attached hydrogens (tertiary/aromatic N) is 4. The number of thiophene rings is 1. The third-order valence-electron chi connectivity index (χ3n) is 5.17. The lowest BCUT2D eigenvalue weighted by Gasteiger charge is -2.11. The number of benzene rings is 1. The SMILES string of the molecule is O=[N+]([O-])c1cc(-c2ccc(C=NNc3ncnc4sc5c(c34)CCCC5)o2)ccc1Cl. The molecule has 0 radical (unpaired) electrons. The van der Waals surface area contributed by atoms with Gasteiger partial charge < -0.3 is 4.42 Å². The van der Waals surface area contributed by atoms with E-state index in [4.69, 9.17) is 16.0 Å². The Labute approximate surface area is 185 Å². The quantitative estimate of drug-likeness (QED) is 0.231. The number of aromatic nitrogens is 2. The fourth-order valence-electron chi connectivity index (χ4n) is 3.72. The number of nitrogens with one attached hydrogen (secondary N) is 1. The van der Waals surface area contributed by atoms with E-state index in [1.807, 2.05) is 0 Å². The van der Waals surface area contributed by atoms with Gasteiger partial charge in [0.05, 0.1) is 16.5 Å². The van der Waals surface area contributed by atoms with E-state index in [2.05, 4.69) is 20.5 Å². The van der Waals surface area contributed by atoms with E-state index in [-0.39, 0.29) is 10.7 Å². The maximum absolute atomic E-state index is 11.1. The van der Waals surface area contributed by atoms with Gasteiger partial charge in [-0.25, -0.2) is 9.97 Å². The topological polar surface area (TPSA) is 106 Å². The smallest absolute Gasteiger partial charge is 0.288 e. The van der Waals surface area contributed by atoms with Crippen LogP contribution in [0.3, 0.4) is 0 Å². The van der Waals surface area contributed by atoms with Gasteiger partial charge in [-0.3, -0.25) is 15.5 Å². The molecule has 1 aliphatic carbocycles. The predicted molar refractivity (Wildman–Crippen MR) is 121 cm³/mol. The fourth-order valence-corrected chi connectivity index (χ4v) is 5.13. The molecule has 3 heterocycles. The number of hydrogen-bond donors (Lipinski definition) is 1. The highest BCUT2D eigenvalue weighted by Crippen LogP contribution is 2.38. The normalized spacial score (nSPS) is 13.6. The van der Waals surface area contributed by atoms with Crippen LogP contribution in [-0.4, -0.2) is 21.1 Å². The summed E-state index contributed by atoms with van der Waals surface area (Å²) in [5, 5.41) is 16.5. The first-order valence-corrected chi connectivity index (χ1v) is 10.9. The van der Waals surface area contributed by atoms with E-state index < -0.39 is 4.92 Å². The molecule has 3 aromatic heterocycles. The maximum atomic E-state index is 11.1. The molecule has 0 amide bonds. The Hall–Kier alpha value is -3.30. The summed E-state index contributed by atoms with van der Waals surface area (Å²) in [4.78, 5) is 21.7. The molecule has 0 saturated carbocycles. The van der Waals surface area contributed by atoms with E-state index in [9.17, 15) is 10.1 Å². The van der Waals surface area contributed by atoms with Crippen molar-refractivity contribution in [3.05, 3.63) is 68.0 Å². The zero-order valence-corrected chi connectivity index (χ0v) is 17.7. The molecule has 156 valence electrons. The van der Waals surface area contributed by atoms with Gasteiger partial charge >= 0.3 is 0 Å². The molecule has 1 N–H and O–H groups in total. The van der Waals surface area contributed by atoms with E-state index in [0.29, 0.717) is 22.9 Å². The molecule has 8 nitrogen and oxygen atoms in total. The highest BCUT2D eigenvalue weighted by Gasteiger charge is 2.19. The summed E-state index contributed by atoms with van der Waals surface area (Å²) in [5.41, 5.74) is 4.73. The lowest BCUT2D eigenvalue weighted by Crippen LogP contribution is -2.00. The van der Waals surface area contributed by atoms with E-state index in [0.717, 1.165) is 23.1 Å². The number of halogens is 1. The Morgan fingerprint density at radius 3 is 2.97 bits per heavy atom. The molecule has 31 heavy (non-hydrogen) atoms. The number of furan rings is 1. The first kappa shape index (κ1) is 19.7. The Morgan fingerprint density at radius 1 is 1.23 bits per heavy atom. The number of fused-ring (bicyclic) bond motifs is 3. The van der Waals surface area contributed by atoms with Crippen molar-refractivity contribution in [3.8, 4) is 11.3 Å². The molecule has 1 aromatic carbocycles. The van der Waals surface area contributed by atoms with Gasteiger partial charge in [-0.2, -0.15) is 5.10 Å². The van der Waals surface area contributed by atoms with Crippen LogP contribution in [0, 0.1) is 10.1 Å². The van der Waals surface area contributed by atoms with E-state index in [1.165, 1.54) is 35.4 Å².